The Morgan fingerprint density at radius 2 is 1.22 bits per heavy atom. The average molecular weight is 318 g/mol. The third kappa shape index (κ3) is 4.18. The molecule has 0 N–H and O–H groups in total. The second-order valence-corrected chi connectivity index (χ2v) is 5.51. The van der Waals surface area contributed by atoms with Gasteiger partial charge in [-0.05, 0) is 23.8 Å². The van der Waals surface area contributed by atoms with Gasteiger partial charge in [-0.1, -0.05) is 84.4 Å². The van der Waals surface area contributed by atoms with E-state index in [1.165, 1.54) is 0 Å². The number of benzene rings is 3. The largest absolute Gasteiger partial charge is 0.256 e. The predicted molar refractivity (Wildman–Crippen MR) is 99.0 cm³/mol. The first-order valence-corrected chi connectivity index (χ1v) is 7.81. The lowest BCUT2D eigenvalue weighted by molar-refractivity contribution is 1.50. The van der Waals surface area contributed by atoms with Gasteiger partial charge in [0.25, 0.3) is 0 Å². The van der Waals surface area contributed by atoms with Crippen LogP contribution in [-0.4, -0.2) is 5.71 Å². The molecule has 0 heterocycles. The van der Waals surface area contributed by atoms with E-state index in [1.54, 1.807) is 0 Å². The first-order valence-electron chi connectivity index (χ1n) is 7.44. The van der Waals surface area contributed by atoms with Gasteiger partial charge in [-0.3, -0.25) is 4.99 Å². The molecule has 3 aromatic rings. The van der Waals surface area contributed by atoms with E-state index in [2.05, 4.69) is 29.3 Å². The second-order valence-electron chi connectivity index (χ2n) is 5.08. The number of halogens is 1. The molecule has 0 amide bonds. The van der Waals surface area contributed by atoms with E-state index in [-0.39, 0.29) is 0 Å². The molecule has 0 radical (unpaired) electrons. The molecule has 0 aliphatic carbocycles. The van der Waals surface area contributed by atoms with Crippen LogP contribution in [0.3, 0.4) is 0 Å². The standard InChI is InChI=1S/C21H16ClN/c22-20-13-11-17(12-14-20)15-16-23-21(18-7-3-1-4-8-18)19-9-5-2-6-10-19/h1-16H/b16-15+. The van der Waals surface area contributed by atoms with Crippen molar-refractivity contribution in [2.75, 3.05) is 0 Å². The minimum absolute atomic E-state index is 0.736. The highest BCUT2D eigenvalue weighted by Crippen LogP contribution is 2.13. The van der Waals surface area contributed by atoms with Crippen molar-refractivity contribution in [2.24, 2.45) is 4.99 Å². The van der Waals surface area contributed by atoms with E-state index in [0.29, 0.717) is 0 Å². The summed E-state index contributed by atoms with van der Waals surface area (Å²) in [6.07, 6.45) is 3.81. The lowest BCUT2D eigenvalue weighted by Gasteiger charge is -2.05. The highest BCUT2D eigenvalue weighted by molar-refractivity contribution is 6.30. The number of aliphatic imine (C=N–C) groups is 1. The van der Waals surface area contributed by atoms with Gasteiger partial charge in [0.2, 0.25) is 0 Å². The van der Waals surface area contributed by atoms with Crippen LogP contribution < -0.4 is 0 Å². The molecule has 0 aliphatic rings. The van der Waals surface area contributed by atoms with E-state index in [0.717, 1.165) is 27.4 Å². The van der Waals surface area contributed by atoms with Crippen LogP contribution in [0, 0.1) is 0 Å². The first kappa shape index (κ1) is 15.3. The summed E-state index contributed by atoms with van der Waals surface area (Å²) in [5.74, 6) is 0. The van der Waals surface area contributed by atoms with E-state index < -0.39 is 0 Å². The zero-order valence-electron chi connectivity index (χ0n) is 12.6. The molecule has 0 atom stereocenters. The lowest BCUT2D eigenvalue weighted by atomic mass is 10.0. The zero-order chi connectivity index (χ0) is 15.9. The fourth-order valence-corrected chi connectivity index (χ4v) is 2.41. The van der Waals surface area contributed by atoms with Crippen molar-refractivity contribution in [3.8, 4) is 0 Å². The normalized spacial score (nSPS) is 10.7. The maximum Gasteiger partial charge on any atom is 0.0774 e. The summed E-state index contributed by atoms with van der Waals surface area (Å²) in [6, 6.07) is 28.1. The van der Waals surface area contributed by atoms with Crippen molar-refractivity contribution in [3.05, 3.63) is 113 Å². The van der Waals surface area contributed by atoms with Crippen molar-refractivity contribution in [1.82, 2.24) is 0 Å². The molecular weight excluding hydrogens is 302 g/mol. The fraction of sp³-hybridized carbons (Fsp3) is 0. The summed E-state index contributed by atoms with van der Waals surface area (Å²) >= 11 is 5.90. The average Bonchev–Trinajstić information content (AvgIpc) is 2.62. The molecule has 0 aromatic heterocycles. The smallest absolute Gasteiger partial charge is 0.0774 e. The van der Waals surface area contributed by atoms with Gasteiger partial charge in [-0.25, -0.2) is 0 Å². The van der Waals surface area contributed by atoms with Crippen LogP contribution in [0.25, 0.3) is 6.08 Å². The van der Waals surface area contributed by atoms with E-state index in [1.807, 2.05) is 72.9 Å². The van der Waals surface area contributed by atoms with E-state index >= 15 is 0 Å². The number of hydrogen-bond donors (Lipinski definition) is 0. The van der Waals surface area contributed by atoms with Crippen molar-refractivity contribution in [3.63, 3.8) is 0 Å². The maximum absolute atomic E-state index is 5.90. The number of nitrogens with zero attached hydrogens (tertiary/aromatic N) is 1. The second kappa shape index (κ2) is 7.57. The molecule has 2 heteroatoms. The van der Waals surface area contributed by atoms with Gasteiger partial charge in [0.15, 0.2) is 0 Å². The zero-order valence-corrected chi connectivity index (χ0v) is 13.3. The van der Waals surface area contributed by atoms with Gasteiger partial charge in [0, 0.05) is 22.3 Å². The van der Waals surface area contributed by atoms with Crippen molar-refractivity contribution >= 4 is 23.4 Å². The Morgan fingerprint density at radius 3 is 1.74 bits per heavy atom. The summed E-state index contributed by atoms with van der Waals surface area (Å²) in [4.78, 5) is 4.69. The van der Waals surface area contributed by atoms with Gasteiger partial charge in [-0.15, -0.1) is 0 Å². The molecule has 0 fully saturated rings. The molecule has 1 nitrogen and oxygen atoms in total. The minimum atomic E-state index is 0.736. The highest BCUT2D eigenvalue weighted by atomic mass is 35.5. The van der Waals surface area contributed by atoms with Gasteiger partial charge >= 0.3 is 0 Å². The number of rotatable bonds is 4. The Labute approximate surface area is 141 Å². The molecule has 0 unspecified atom stereocenters. The fourth-order valence-electron chi connectivity index (χ4n) is 2.28. The molecule has 112 valence electrons. The Kier molecular flexibility index (Phi) is 5.02. The van der Waals surface area contributed by atoms with Gasteiger partial charge in [0.05, 0.1) is 5.71 Å². The van der Waals surface area contributed by atoms with E-state index in [4.69, 9.17) is 11.6 Å². The van der Waals surface area contributed by atoms with Crippen LogP contribution in [0.2, 0.25) is 5.02 Å². The van der Waals surface area contributed by atoms with Crippen molar-refractivity contribution in [2.45, 2.75) is 0 Å². The molecule has 3 rings (SSSR count). The molecule has 0 bridgehead atoms. The summed E-state index contributed by atoms with van der Waals surface area (Å²) in [7, 11) is 0. The molecule has 0 saturated heterocycles. The predicted octanol–water partition coefficient (Wildman–Crippen LogP) is 5.85. The monoisotopic (exact) mass is 317 g/mol. The molecule has 0 spiro atoms. The van der Waals surface area contributed by atoms with Crippen LogP contribution in [0.4, 0.5) is 0 Å². The maximum atomic E-state index is 5.90. The van der Waals surface area contributed by atoms with Crippen LogP contribution in [0.15, 0.2) is 96.1 Å². The molecule has 23 heavy (non-hydrogen) atoms. The Hall–Kier alpha value is -2.64. The lowest BCUT2D eigenvalue weighted by Crippen LogP contribution is -2.02. The summed E-state index contributed by atoms with van der Waals surface area (Å²) in [5.41, 5.74) is 4.22. The third-order valence-electron chi connectivity index (χ3n) is 3.44. The molecule has 3 aromatic carbocycles. The topological polar surface area (TPSA) is 12.4 Å². The third-order valence-corrected chi connectivity index (χ3v) is 3.69. The van der Waals surface area contributed by atoms with Crippen LogP contribution >= 0.6 is 11.6 Å². The Bertz CT molecular complexity index is 762. The van der Waals surface area contributed by atoms with Crippen molar-refractivity contribution < 1.29 is 0 Å². The molecular formula is C21H16ClN. The van der Waals surface area contributed by atoms with Crippen LogP contribution in [-0.2, 0) is 0 Å². The van der Waals surface area contributed by atoms with Crippen molar-refractivity contribution in [1.29, 1.82) is 0 Å². The molecule has 0 saturated carbocycles. The Balaban J connectivity index is 1.93. The molecule has 0 aliphatic heterocycles. The Morgan fingerprint density at radius 1 is 0.696 bits per heavy atom. The SMILES string of the molecule is Clc1ccc(/C=C/N=C(c2ccccc2)c2ccccc2)cc1. The van der Waals surface area contributed by atoms with Gasteiger partial charge in [0.1, 0.15) is 0 Å². The minimum Gasteiger partial charge on any atom is -0.256 e. The summed E-state index contributed by atoms with van der Waals surface area (Å²) in [6.45, 7) is 0. The highest BCUT2D eigenvalue weighted by Gasteiger charge is 2.04. The summed E-state index contributed by atoms with van der Waals surface area (Å²) < 4.78 is 0. The quantitative estimate of drug-likeness (QED) is 0.535. The van der Waals surface area contributed by atoms with Gasteiger partial charge in [-0.2, -0.15) is 0 Å². The van der Waals surface area contributed by atoms with Gasteiger partial charge < -0.3 is 0 Å². The number of hydrogen-bond acceptors (Lipinski definition) is 1. The van der Waals surface area contributed by atoms with Crippen LogP contribution in [0.5, 0.6) is 0 Å². The van der Waals surface area contributed by atoms with E-state index in [9.17, 15) is 0 Å². The summed E-state index contributed by atoms with van der Waals surface area (Å²) in [5, 5.41) is 0.736. The first-order chi connectivity index (χ1) is 11.3. The van der Waals surface area contributed by atoms with Crippen LogP contribution in [0.1, 0.15) is 16.7 Å².